The molecule has 0 saturated heterocycles. The second-order valence-corrected chi connectivity index (χ2v) is 12.0. The van der Waals surface area contributed by atoms with E-state index in [-0.39, 0.29) is 24.0 Å². The summed E-state index contributed by atoms with van der Waals surface area (Å²) in [5.41, 5.74) is 2.49. The van der Waals surface area contributed by atoms with Crippen molar-refractivity contribution in [3.05, 3.63) is 42.0 Å². The molecular weight excluding hydrogens is 312 g/mol. The Balaban J connectivity index is 2.28. The van der Waals surface area contributed by atoms with E-state index in [9.17, 15) is 5.11 Å². The van der Waals surface area contributed by atoms with Gasteiger partial charge in [0.2, 0.25) is 0 Å². The lowest BCUT2D eigenvalue weighted by Crippen LogP contribution is -2.44. The average molecular weight is 347 g/mol. The quantitative estimate of drug-likeness (QED) is 0.689. The molecular formula is C21H34O2Si. The van der Waals surface area contributed by atoms with Crippen molar-refractivity contribution in [3.8, 4) is 0 Å². The van der Waals surface area contributed by atoms with E-state index in [2.05, 4.69) is 65.0 Å². The summed E-state index contributed by atoms with van der Waals surface area (Å²) in [6, 6.07) is 13.9. The lowest BCUT2D eigenvalue weighted by molar-refractivity contribution is 0.0181. The van der Waals surface area contributed by atoms with Crippen molar-refractivity contribution >= 4 is 13.9 Å². The summed E-state index contributed by atoms with van der Waals surface area (Å²) in [5, 5.41) is 10.9. The Morgan fingerprint density at radius 3 is 2.17 bits per heavy atom. The molecule has 2 rings (SSSR count). The molecule has 0 spiro atoms. The monoisotopic (exact) mass is 346 g/mol. The molecule has 0 radical (unpaired) electrons. The van der Waals surface area contributed by atoms with Crippen LogP contribution in [-0.4, -0.2) is 25.6 Å². The molecule has 3 heteroatoms. The number of aliphatic hydroxyl groups is 1. The molecule has 1 aliphatic rings. The van der Waals surface area contributed by atoms with Crippen molar-refractivity contribution in [1.29, 1.82) is 0 Å². The first-order valence-electron chi connectivity index (χ1n) is 9.59. The minimum atomic E-state index is -1.66. The molecule has 0 saturated carbocycles. The fourth-order valence-corrected chi connectivity index (χ4v) is 6.94. The zero-order valence-corrected chi connectivity index (χ0v) is 17.0. The van der Waals surface area contributed by atoms with Crippen LogP contribution in [0.15, 0.2) is 36.4 Å². The summed E-state index contributed by atoms with van der Waals surface area (Å²) in [6.45, 7) is 11.1. The minimum Gasteiger partial charge on any atom is -0.413 e. The third-order valence-corrected chi connectivity index (χ3v) is 10.8. The first-order chi connectivity index (χ1) is 11.5. The van der Waals surface area contributed by atoms with E-state index in [0.717, 1.165) is 24.6 Å². The molecule has 0 unspecified atom stereocenters. The van der Waals surface area contributed by atoms with E-state index in [0.29, 0.717) is 0 Å². The normalized spacial score (nSPS) is 28.3. The van der Waals surface area contributed by atoms with Crippen molar-refractivity contribution in [2.24, 2.45) is 11.8 Å². The van der Waals surface area contributed by atoms with Crippen molar-refractivity contribution in [2.75, 3.05) is 0 Å². The average Bonchev–Trinajstić information content (AvgIpc) is 2.73. The molecule has 24 heavy (non-hydrogen) atoms. The number of hydrogen-bond donors (Lipinski definition) is 1. The van der Waals surface area contributed by atoms with E-state index >= 15 is 0 Å². The van der Waals surface area contributed by atoms with Gasteiger partial charge < -0.3 is 9.53 Å². The van der Waals surface area contributed by atoms with Gasteiger partial charge in [-0.2, -0.15) is 0 Å². The number of rotatable bonds is 6. The van der Waals surface area contributed by atoms with Crippen molar-refractivity contribution in [3.63, 3.8) is 0 Å². The molecule has 0 aliphatic heterocycles. The highest BCUT2D eigenvalue weighted by molar-refractivity contribution is 6.73. The van der Waals surface area contributed by atoms with E-state index in [1.54, 1.807) is 0 Å². The lowest BCUT2D eigenvalue weighted by atomic mass is 9.85. The maximum absolute atomic E-state index is 10.9. The first-order valence-corrected chi connectivity index (χ1v) is 12.1. The van der Waals surface area contributed by atoms with Gasteiger partial charge >= 0.3 is 0 Å². The highest BCUT2D eigenvalue weighted by Gasteiger charge is 2.38. The Kier molecular flexibility index (Phi) is 6.85. The molecule has 1 aromatic carbocycles. The summed E-state index contributed by atoms with van der Waals surface area (Å²) in [6.07, 6.45) is 3.00. The van der Waals surface area contributed by atoms with Crippen LogP contribution in [0.5, 0.6) is 0 Å². The predicted octanol–water partition coefficient (Wildman–Crippen LogP) is 5.50. The minimum absolute atomic E-state index is 0.134. The third kappa shape index (κ3) is 4.01. The predicted molar refractivity (Wildman–Crippen MR) is 105 cm³/mol. The molecule has 0 fully saturated rings. The van der Waals surface area contributed by atoms with Crippen LogP contribution in [0.3, 0.4) is 0 Å². The van der Waals surface area contributed by atoms with Crippen molar-refractivity contribution < 1.29 is 9.53 Å². The first kappa shape index (κ1) is 19.4. The zero-order valence-electron chi connectivity index (χ0n) is 16.0. The topological polar surface area (TPSA) is 29.5 Å². The van der Waals surface area contributed by atoms with Gasteiger partial charge in [-0.25, -0.2) is 0 Å². The Hall–Kier alpha value is -0.903. The molecule has 1 N–H and O–H groups in total. The summed E-state index contributed by atoms with van der Waals surface area (Å²) in [5.74, 6) is 0.297. The van der Waals surface area contributed by atoms with Crippen LogP contribution in [0.2, 0.25) is 18.1 Å². The van der Waals surface area contributed by atoms with Gasteiger partial charge in [-0.05, 0) is 35.7 Å². The van der Waals surface area contributed by atoms with Crippen molar-refractivity contribution in [1.82, 2.24) is 0 Å². The molecule has 0 aromatic heterocycles. The number of benzene rings is 1. The van der Waals surface area contributed by atoms with E-state index in [1.165, 1.54) is 11.1 Å². The van der Waals surface area contributed by atoms with Crippen LogP contribution < -0.4 is 0 Å². The molecule has 1 aromatic rings. The Bertz CT molecular complexity index is 528. The highest BCUT2D eigenvalue weighted by Crippen LogP contribution is 2.37. The largest absolute Gasteiger partial charge is 0.413 e. The van der Waals surface area contributed by atoms with Crippen LogP contribution in [0.1, 0.15) is 46.6 Å². The maximum Gasteiger partial charge on any atom is 0.192 e. The van der Waals surface area contributed by atoms with Crippen LogP contribution in [0, 0.1) is 11.8 Å². The number of hydrogen-bond acceptors (Lipinski definition) is 2. The van der Waals surface area contributed by atoms with Crippen LogP contribution in [-0.2, 0) is 4.43 Å². The lowest BCUT2D eigenvalue weighted by Gasteiger charge is -2.37. The van der Waals surface area contributed by atoms with Gasteiger partial charge in [0.05, 0.1) is 12.2 Å². The molecule has 0 heterocycles. The molecule has 1 aliphatic carbocycles. The fraction of sp³-hybridized carbons (Fsp3) is 0.619. The van der Waals surface area contributed by atoms with Crippen molar-refractivity contribution in [2.45, 2.75) is 71.4 Å². The third-order valence-electron chi connectivity index (χ3n) is 6.14. The Morgan fingerprint density at radius 2 is 1.62 bits per heavy atom. The van der Waals surface area contributed by atoms with Gasteiger partial charge in [-0.3, -0.25) is 0 Å². The zero-order chi connectivity index (χ0) is 17.7. The highest BCUT2D eigenvalue weighted by atomic mass is 28.4. The Morgan fingerprint density at radius 1 is 1.04 bits per heavy atom. The van der Waals surface area contributed by atoms with Gasteiger partial charge in [0.15, 0.2) is 8.32 Å². The van der Waals surface area contributed by atoms with Gasteiger partial charge in [0, 0.05) is 11.8 Å². The van der Waals surface area contributed by atoms with E-state index in [1.807, 2.05) is 6.07 Å². The number of aliphatic hydroxyl groups excluding tert-OH is 1. The molecule has 134 valence electrons. The van der Waals surface area contributed by atoms with Gasteiger partial charge in [0.25, 0.3) is 0 Å². The van der Waals surface area contributed by atoms with Gasteiger partial charge in [-0.15, -0.1) is 0 Å². The molecule has 2 nitrogen and oxygen atoms in total. The Labute approximate surface area is 149 Å². The fourth-order valence-electron chi connectivity index (χ4n) is 3.99. The summed E-state index contributed by atoms with van der Waals surface area (Å²) < 4.78 is 6.76. The second-order valence-electron chi connectivity index (χ2n) is 7.30. The van der Waals surface area contributed by atoms with Crippen LogP contribution in [0.25, 0.3) is 5.57 Å². The van der Waals surface area contributed by atoms with Gasteiger partial charge in [0.1, 0.15) is 0 Å². The summed E-state index contributed by atoms with van der Waals surface area (Å²) >= 11 is 0. The summed E-state index contributed by atoms with van der Waals surface area (Å²) in [4.78, 5) is 0. The van der Waals surface area contributed by atoms with Crippen LogP contribution in [0.4, 0.5) is 0 Å². The smallest absolute Gasteiger partial charge is 0.192 e. The molecule has 0 amide bonds. The standard InChI is InChI=1S/C21H34O2Si/c1-6-24(7-2,8-3)23-20-15-14-19(16(4)21(22)17(20)5)18-12-10-9-11-13-18/h9-14,16-17,20-22H,6-8,15H2,1-5H3/t16-,17-,20-,21-/m0/s1. The molecule has 0 bridgehead atoms. The maximum atomic E-state index is 10.9. The van der Waals surface area contributed by atoms with E-state index < -0.39 is 8.32 Å². The second kappa shape index (κ2) is 8.46. The van der Waals surface area contributed by atoms with Gasteiger partial charge in [-0.1, -0.05) is 71.0 Å². The SMILES string of the molecule is CC[Si](CC)(CC)O[C@H]1CC=C(c2ccccc2)[C@H](C)[C@H](O)[C@H]1C. The summed E-state index contributed by atoms with van der Waals surface area (Å²) in [7, 11) is -1.66. The molecule has 4 atom stereocenters. The van der Waals surface area contributed by atoms with Crippen LogP contribution >= 0.6 is 0 Å². The van der Waals surface area contributed by atoms with E-state index in [4.69, 9.17) is 4.43 Å².